The number of hydrogen-bond donors (Lipinski definition) is 2. The van der Waals surface area contributed by atoms with Gasteiger partial charge in [0.25, 0.3) is 0 Å². The first-order valence-corrected chi connectivity index (χ1v) is 11.0. The average Bonchev–Trinajstić information content (AvgIpc) is 3.08. The van der Waals surface area contributed by atoms with E-state index in [9.17, 15) is 14.7 Å². The number of amides is 1. The second-order valence-corrected chi connectivity index (χ2v) is 9.54. The predicted octanol–water partition coefficient (Wildman–Crippen LogP) is 4.64. The zero-order chi connectivity index (χ0) is 20.7. The van der Waals surface area contributed by atoms with Gasteiger partial charge in [-0.1, -0.05) is 50.4 Å². The molecule has 1 aliphatic heterocycles. The van der Waals surface area contributed by atoms with E-state index in [1.807, 2.05) is 20.8 Å². The molecule has 1 unspecified atom stereocenters. The highest BCUT2D eigenvalue weighted by Crippen LogP contribution is 2.32. The summed E-state index contributed by atoms with van der Waals surface area (Å²) in [5.41, 5.74) is 6.03. The first kappa shape index (κ1) is 22.4. The van der Waals surface area contributed by atoms with E-state index in [0.29, 0.717) is 23.5 Å². The number of piperidine rings is 1. The number of aromatic carboxylic acids is 1. The fourth-order valence-corrected chi connectivity index (χ4v) is 4.10. The quantitative estimate of drug-likeness (QED) is 0.704. The van der Waals surface area contributed by atoms with Crippen LogP contribution in [0.3, 0.4) is 0 Å². The molecule has 0 aromatic carbocycles. The lowest BCUT2D eigenvalue weighted by molar-refractivity contribution is -0.120. The van der Waals surface area contributed by atoms with Crippen molar-refractivity contribution < 1.29 is 14.7 Å². The molecular formula is C22H32N2O3S. The van der Waals surface area contributed by atoms with E-state index in [1.54, 1.807) is 6.07 Å². The lowest BCUT2D eigenvalue weighted by Gasteiger charge is -2.30. The van der Waals surface area contributed by atoms with E-state index in [1.165, 1.54) is 43.4 Å². The summed E-state index contributed by atoms with van der Waals surface area (Å²) in [7, 11) is 0. The summed E-state index contributed by atoms with van der Waals surface area (Å²) in [6, 6.07) is 1.13. The molecule has 6 heteroatoms. The number of hydrogen-bond acceptors (Lipinski definition) is 4. The van der Waals surface area contributed by atoms with E-state index in [0.717, 1.165) is 17.8 Å². The summed E-state index contributed by atoms with van der Waals surface area (Å²) in [5.74, 6) is 4.82. The molecule has 2 heterocycles. The largest absolute Gasteiger partial charge is 0.477 e. The Morgan fingerprint density at radius 3 is 2.25 bits per heavy atom. The van der Waals surface area contributed by atoms with Gasteiger partial charge in [-0.2, -0.15) is 0 Å². The zero-order valence-electron chi connectivity index (χ0n) is 17.2. The second kappa shape index (κ2) is 10.1. The van der Waals surface area contributed by atoms with Gasteiger partial charge in [-0.15, -0.1) is 11.3 Å². The highest BCUT2D eigenvalue weighted by molar-refractivity contribution is 7.15. The first-order valence-electron chi connectivity index (χ1n) is 10.2. The number of carboxylic acids is 1. The van der Waals surface area contributed by atoms with Crippen LogP contribution in [0.4, 0.5) is 5.69 Å². The van der Waals surface area contributed by atoms with E-state index in [2.05, 4.69) is 11.8 Å². The molecule has 1 atom stereocenters. The number of nitrogens with zero attached hydrogens (tertiary/aromatic N) is 1. The molecule has 0 spiro atoms. The SMILES string of the molecule is C1CCCCC1.CC(C)(C)C#Cc1cc(N2CCCC(N)C2=O)c(C(=O)O)s1. The zero-order valence-corrected chi connectivity index (χ0v) is 18.0. The van der Waals surface area contributed by atoms with E-state index >= 15 is 0 Å². The van der Waals surface area contributed by atoms with Crippen molar-refractivity contribution in [2.45, 2.75) is 78.2 Å². The third-order valence-electron chi connectivity index (χ3n) is 4.74. The Morgan fingerprint density at radius 2 is 1.75 bits per heavy atom. The molecule has 1 saturated carbocycles. The number of anilines is 1. The third-order valence-corrected chi connectivity index (χ3v) is 5.77. The van der Waals surface area contributed by atoms with Crippen LogP contribution in [-0.2, 0) is 4.79 Å². The predicted molar refractivity (Wildman–Crippen MR) is 115 cm³/mol. The maximum absolute atomic E-state index is 12.2. The minimum Gasteiger partial charge on any atom is -0.477 e. The van der Waals surface area contributed by atoms with Crippen molar-refractivity contribution in [1.82, 2.24) is 0 Å². The minimum absolute atomic E-state index is 0.139. The van der Waals surface area contributed by atoms with Crippen molar-refractivity contribution >= 4 is 28.9 Å². The number of nitrogens with two attached hydrogens (primary N) is 1. The Labute approximate surface area is 172 Å². The standard InChI is InChI=1S/C16H20N2O3S.C6H12/c1-16(2,3)7-6-10-9-12(13(22-10)15(20)21)18-8-4-5-11(17)14(18)19;1-2-4-6-5-3-1/h9,11H,4-5,8,17H2,1-3H3,(H,20,21);1-6H2. The molecule has 3 rings (SSSR count). The van der Waals surface area contributed by atoms with Gasteiger partial charge >= 0.3 is 5.97 Å². The molecule has 0 radical (unpaired) electrons. The van der Waals surface area contributed by atoms with Crippen LogP contribution in [0.5, 0.6) is 0 Å². The summed E-state index contributed by atoms with van der Waals surface area (Å²) in [6.07, 6.45) is 10.4. The normalized spacial score (nSPS) is 19.9. The van der Waals surface area contributed by atoms with Crippen molar-refractivity contribution in [2.24, 2.45) is 11.1 Å². The minimum atomic E-state index is -1.05. The van der Waals surface area contributed by atoms with Crippen LogP contribution in [-0.4, -0.2) is 29.6 Å². The molecule has 1 aromatic rings. The van der Waals surface area contributed by atoms with Crippen LogP contribution in [0.1, 0.15) is 86.7 Å². The Kier molecular flexibility index (Phi) is 8.09. The van der Waals surface area contributed by atoms with Gasteiger partial charge in [0.05, 0.1) is 16.6 Å². The Balaban J connectivity index is 0.000000397. The summed E-state index contributed by atoms with van der Waals surface area (Å²) >= 11 is 1.10. The molecule has 28 heavy (non-hydrogen) atoms. The third kappa shape index (κ3) is 6.65. The summed E-state index contributed by atoms with van der Waals surface area (Å²) in [6.45, 7) is 6.45. The van der Waals surface area contributed by atoms with Crippen LogP contribution in [0.15, 0.2) is 6.07 Å². The topological polar surface area (TPSA) is 83.6 Å². The van der Waals surface area contributed by atoms with E-state index < -0.39 is 12.0 Å². The molecular weight excluding hydrogens is 372 g/mol. The second-order valence-electron chi connectivity index (χ2n) is 8.49. The van der Waals surface area contributed by atoms with Gasteiger partial charge in [-0.25, -0.2) is 4.79 Å². The first-order chi connectivity index (χ1) is 13.2. The number of rotatable bonds is 2. The van der Waals surface area contributed by atoms with Crippen molar-refractivity contribution in [1.29, 1.82) is 0 Å². The molecule has 3 N–H and O–H groups in total. The van der Waals surface area contributed by atoms with Gasteiger partial charge in [0, 0.05) is 12.0 Å². The van der Waals surface area contributed by atoms with Crippen molar-refractivity contribution in [2.75, 3.05) is 11.4 Å². The average molecular weight is 405 g/mol. The number of carbonyl (C=O) groups is 2. The fraction of sp³-hybridized carbons (Fsp3) is 0.636. The van der Waals surface area contributed by atoms with Crippen molar-refractivity contribution in [3.05, 3.63) is 15.8 Å². The van der Waals surface area contributed by atoms with Gasteiger partial charge in [0.15, 0.2) is 0 Å². The van der Waals surface area contributed by atoms with Gasteiger partial charge in [-0.3, -0.25) is 4.79 Å². The molecule has 1 amide bonds. The van der Waals surface area contributed by atoms with Gasteiger partial charge in [0.1, 0.15) is 4.88 Å². The molecule has 1 aliphatic carbocycles. The molecule has 5 nitrogen and oxygen atoms in total. The molecule has 154 valence electrons. The number of thiophene rings is 1. The maximum atomic E-state index is 12.2. The smallest absolute Gasteiger partial charge is 0.348 e. The highest BCUT2D eigenvalue weighted by atomic mass is 32.1. The summed E-state index contributed by atoms with van der Waals surface area (Å²) in [4.78, 5) is 25.9. The summed E-state index contributed by atoms with van der Waals surface area (Å²) in [5, 5.41) is 9.38. The molecule has 0 bridgehead atoms. The lowest BCUT2D eigenvalue weighted by atomic mass is 9.98. The van der Waals surface area contributed by atoms with Crippen LogP contribution < -0.4 is 10.6 Å². The van der Waals surface area contributed by atoms with Crippen molar-refractivity contribution in [3.8, 4) is 11.8 Å². The van der Waals surface area contributed by atoms with E-state index in [4.69, 9.17) is 5.73 Å². The lowest BCUT2D eigenvalue weighted by Crippen LogP contribution is -2.48. The van der Waals surface area contributed by atoms with Crippen LogP contribution in [0.2, 0.25) is 0 Å². The summed E-state index contributed by atoms with van der Waals surface area (Å²) < 4.78 is 0. The highest BCUT2D eigenvalue weighted by Gasteiger charge is 2.30. The van der Waals surface area contributed by atoms with Gasteiger partial charge in [0.2, 0.25) is 5.91 Å². The molecule has 2 fully saturated rings. The monoisotopic (exact) mass is 404 g/mol. The fourth-order valence-electron chi connectivity index (χ4n) is 3.25. The number of carboxylic acid groups (broad SMARTS) is 1. The van der Waals surface area contributed by atoms with Crippen LogP contribution >= 0.6 is 11.3 Å². The van der Waals surface area contributed by atoms with Gasteiger partial charge in [-0.05, 0) is 39.7 Å². The Hall–Kier alpha value is -1.84. The molecule has 1 aromatic heterocycles. The van der Waals surface area contributed by atoms with Crippen LogP contribution in [0.25, 0.3) is 0 Å². The molecule has 2 aliphatic rings. The number of carbonyl (C=O) groups excluding carboxylic acids is 1. The van der Waals surface area contributed by atoms with E-state index in [-0.39, 0.29) is 16.2 Å². The maximum Gasteiger partial charge on any atom is 0.348 e. The Bertz CT molecular complexity index is 737. The van der Waals surface area contributed by atoms with Crippen LogP contribution in [0, 0.1) is 17.3 Å². The van der Waals surface area contributed by atoms with Gasteiger partial charge < -0.3 is 15.7 Å². The van der Waals surface area contributed by atoms with Crippen molar-refractivity contribution in [3.63, 3.8) is 0 Å². The molecule has 1 saturated heterocycles. The Morgan fingerprint density at radius 1 is 1.18 bits per heavy atom.